The summed E-state index contributed by atoms with van der Waals surface area (Å²) in [5.74, 6) is -1.26. The van der Waals surface area contributed by atoms with Crippen LogP contribution in [0.1, 0.15) is 11.3 Å². The lowest BCUT2D eigenvalue weighted by Crippen LogP contribution is -2.35. The summed E-state index contributed by atoms with van der Waals surface area (Å²) in [5, 5.41) is 15.5. The Balaban J connectivity index is 2.00. The molecule has 1 aromatic carbocycles. The number of rotatable bonds is 4. The maximum Gasteiger partial charge on any atom is 0.313 e. The number of amides is 2. The van der Waals surface area contributed by atoms with Gasteiger partial charge in [-0.25, -0.2) is 0 Å². The minimum atomic E-state index is -0.907. The molecule has 0 aliphatic carbocycles. The van der Waals surface area contributed by atoms with Crippen molar-refractivity contribution in [3.63, 3.8) is 0 Å². The van der Waals surface area contributed by atoms with Gasteiger partial charge in [0.1, 0.15) is 5.76 Å². The van der Waals surface area contributed by atoms with E-state index in [1.165, 1.54) is 24.5 Å². The molecule has 22 heavy (non-hydrogen) atoms. The first kappa shape index (κ1) is 15.2. The maximum atomic E-state index is 11.8. The summed E-state index contributed by atoms with van der Waals surface area (Å²) in [7, 11) is 0. The Hall–Kier alpha value is -3.16. The van der Waals surface area contributed by atoms with E-state index in [1.54, 1.807) is 19.1 Å². The fraction of sp³-hybridized carbons (Fsp3) is 0.143. The summed E-state index contributed by atoms with van der Waals surface area (Å²) in [5.41, 5.74) is 0.655. The van der Waals surface area contributed by atoms with Gasteiger partial charge in [-0.1, -0.05) is 6.07 Å². The van der Waals surface area contributed by atoms with Crippen LogP contribution in [0.3, 0.4) is 0 Å². The normalized spacial score (nSPS) is 10.0. The van der Waals surface area contributed by atoms with Crippen LogP contribution in [0.4, 0.5) is 11.4 Å². The summed E-state index contributed by atoms with van der Waals surface area (Å²) in [6.07, 6.45) is 1.45. The molecule has 0 aliphatic heterocycles. The first-order valence-corrected chi connectivity index (χ1v) is 6.34. The standard InChI is InChI=1S/C14H13N3O5/c1-9-4-5-10(17(20)21)7-12(9)16-14(19)13(18)15-8-11-3-2-6-22-11/h2-7H,8H2,1H3,(H,15,18)(H,16,19). The number of anilines is 1. The number of carbonyl (C=O) groups excluding carboxylic acids is 2. The van der Waals surface area contributed by atoms with E-state index in [4.69, 9.17) is 4.42 Å². The van der Waals surface area contributed by atoms with E-state index < -0.39 is 16.7 Å². The van der Waals surface area contributed by atoms with E-state index in [9.17, 15) is 19.7 Å². The van der Waals surface area contributed by atoms with Gasteiger partial charge in [0, 0.05) is 12.1 Å². The molecule has 0 radical (unpaired) electrons. The van der Waals surface area contributed by atoms with Crippen molar-refractivity contribution in [2.75, 3.05) is 5.32 Å². The summed E-state index contributed by atoms with van der Waals surface area (Å²) < 4.78 is 5.02. The van der Waals surface area contributed by atoms with Crippen molar-refractivity contribution in [2.45, 2.75) is 13.5 Å². The molecular formula is C14H13N3O5. The van der Waals surface area contributed by atoms with Crippen molar-refractivity contribution in [2.24, 2.45) is 0 Å². The molecule has 0 unspecified atom stereocenters. The average molecular weight is 303 g/mol. The predicted molar refractivity (Wildman–Crippen MR) is 77.0 cm³/mol. The van der Waals surface area contributed by atoms with Gasteiger partial charge in [0.25, 0.3) is 5.69 Å². The van der Waals surface area contributed by atoms with Crippen molar-refractivity contribution in [3.05, 3.63) is 58.0 Å². The van der Waals surface area contributed by atoms with Crippen LogP contribution in [-0.2, 0) is 16.1 Å². The Morgan fingerprint density at radius 1 is 1.27 bits per heavy atom. The zero-order valence-electron chi connectivity index (χ0n) is 11.7. The molecule has 0 spiro atoms. The van der Waals surface area contributed by atoms with Crippen LogP contribution < -0.4 is 10.6 Å². The highest BCUT2D eigenvalue weighted by Crippen LogP contribution is 2.21. The third kappa shape index (κ3) is 3.69. The molecule has 2 rings (SSSR count). The minimum Gasteiger partial charge on any atom is -0.467 e. The Morgan fingerprint density at radius 2 is 2.05 bits per heavy atom. The highest BCUT2D eigenvalue weighted by atomic mass is 16.6. The quantitative estimate of drug-likeness (QED) is 0.507. The largest absolute Gasteiger partial charge is 0.467 e. The third-order valence-corrected chi connectivity index (χ3v) is 2.89. The van der Waals surface area contributed by atoms with Gasteiger partial charge in [0.05, 0.1) is 23.4 Å². The number of nitrogens with zero attached hydrogens (tertiary/aromatic N) is 1. The van der Waals surface area contributed by atoms with Gasteiger partial charge in [0.2, 0.25) is 0 Å². The van der Waals surface area contributed by atoms with Crippen LogP contribution in [-0.4, -0.2) is 16.7 Å². The molecule has 2 amide bonds. The first-order valence-electron chi connectivity index (χ1n) is 6.34. The van der Waals surface area contributed by atoms with Crippen LogP contribution in [0.2, 0.25) is 0 Å². The predicted octanol–water partition coefficient (Wildman–Crippen LogP) is 1.75. The number of benzene rings is 1. The topological polar surface area (TPSA) is 114 Å². The van der Waals surface area contributed by atoms with Crippen LogP contribution >= 0.6 is 0 Å². The zero-order valence-corrected chi connectivity index (χ0v) is 11.7. The number of nitrogens with one attached hydrogen (secondary N) is 2. The van der Waals surface area contributed by atoms with E-state index in [1.807, 2.05) is 0 Å². The second-order valence-corrected chi connectivity index (χ2v) is 4.47. The van der Waals surface area contributed by atoms with Gasteiger partial charge in [-0.15, -0.1) is 0 Å². The average Bonchev–Trinajstić information content (AvgIpc) is 3.00. The molecule has 8 heteroatoms. The maximum absolute atomic E-state index is 11.8. The summed E-state index contributed by atoms with van der Waals surface area (Å²) >= 11 is 0. The van der Waals surface area contributed by atoms with Crippen molar-refractivity contribution < 1.29 is 18.9 Å². The number of nitro groups is 1. The molecule has 0 bridgehead atoms. The van der Waals surface area contributed by atoms with Crippen molar-refractivity contribution in [1.82, 2.24) is 5.32 Å². The fourth-order valence-electron chi connectivity index (χ4n) is 1.70. The number of furan rings is 1. The summed E-state index contributed by atoms with van der Waals surface area (Å²) in [4.78, 5) is 33.6. The van der Waals surface area contributed by atoms with Gasteiger partial charge in [-0.3, -0.25) is 19.7 Å². The van der Waals surface area contributed by atoms with Crippen LogP contribution in [0, 0.1) is 17.0 Å². The number of non-ortho nitro benzene ring substituents is 1. The lowest BCUT2D eigenvalue weighted by molar-refractivity contribution is -0.384. The highest BCUT2D eigenvalue weighted by molar-refractivity contribution is 6.39. The number of hydrogen-bond donors (Lipinski definition) is 2. The molecule has 0 saturated heterocycles. The monoisotopic (exact) mass is 303 g/mol. The Labute approximate surface area is 125 Å². The fourth-order valence-corrected chi connectivity index (χ4v) is 1.70. The van der Waals surface area contributed by atoms with Crippen molar-refractivity contribution in [3.8, 4) is 0 Å². The van der Waals surface area contributed by atoms with E-state index in [2.05, 4.69) is 10.6 Å². The molecule has 1 heterocycles. The lowest BCUT2D eigenvalue weighted by atomic mass is 10.2. The van der Waals surface area contributed by atoms with Gasteiger partial charge in [-0.05, 0) is 24.6 Å². The number of carbonyl (C=O) groups is 2. The minimum absolute atomic E-state index is 0.0766. The van der Waals surface area contributed by atoms with E-state index in [0.717, 1.165) is 0 Å². The molecule has 1 aromatic heterocycles. The molecule has 0 atom stereocenters. The van der Waals surface area contributed by atoms with Gasteiger partial charge in [0.15, 0.2) is 0 Å². The highest BCUT2D eigenvalue weighted by Gasteiger charge is 2.16. The van der Waals surface area contributed by atoms with Gasteiger partial charge >= 0.3 is 11.8 Å². The first-order chi connectivity index (χ1) is 10.5. The van der Waals surface area contributed by atoms with E-state index in [-0.39, 0.29) is 17.9 Å². The molecule has 0 aliphatic rings. The summed E-state index contributed by atoms with van der Waals surface area (Å²) in [6, 6.07) is 7.33. The smallest absolute Gasteiger partial charge is 0.313 e. The lowest BCUT2D eigenvalue weighted by Gasteiger charge is -2.08. The SMILES string of the molecule is Cc1ccc([N+](=O)[O-])cc1NC(=O)C(=O)NCc1ccco1. The van der Waals surface area contributed by atoms with Crippen molar-refractivity contribution >= 4 is 23.2 Å². The molecule has 0 fully saturated rings. The Bertz CT molecular complexity index is 709. The van der Waals surface area contributed by atoms with Crippen LogP contribution in [0.5, 0.6) is 0 Å². The van der Waals surface area contributed by atoms with Crippen LogP contribution in [0.25, 0.3) is 0 Å². The zero-order chi connectivity index (χ0) is 16.1. The molecule has 114 valence electrons. The van der Waals surface area contributed by atoms with E-state index >= 15 is 0 Å². The van der Waals surface area contributed by atoms with Gasteiger partial charge < -0.3 is 15.1 Å². The second-order valence-electron chi connectivity index (χ2n) is 4.47. The third-order valence-electron chi connectivity index (χ3n) is 2.89. The van der Waals surface area contributed by atoms with Crippen molar-refractivity contribution in [1.29, 1.82) is 0 Å². The summed E-state index contributed by atoms with van der Waals surface area (Å²) in [6.45, 7) is 1.74. The molecular weight excluding hydrogens is 290 g/mol. The molecule has 2 N–H and O–H groups in total. The molecule has 8 nitrogen and oxygen atoms in total. The Kier molecular flexibility index (Phi) is 4.52. The number of nitro benzene ring substituents is 1. The van der Waals surface area contributed by atoms with Crippen LogP contribution in [0.15, 0.2) is 41.0 Å². The number of aryl methyl sites for hydroxylation is 1. The molecule has 2 aromatic rings. The second kappa shape index (κ2) is 6.53. The Morgan fingerprint density at radius 3 is 2.68 bits per heavy atom. The number of hydrogen-bond acceptors (Lipinski definition) is 5. The van der Waals surface area contributed by atoms with Gasteiger partial charge in [-0.2, -0.15) is 0 Å². The molecule has 0 saturated carbocycles. The van der Waals surface area contributed by atoms with E-state index in [0.29, 0.717) is 11.3 Å².